The van der Waals surface area contributed by atoms with Crippen molar-refractivity contribution in [2.75, 3.05) is 6.61 Å². The summed E-state index contributed by atoms with van der Waals surface area (Å²) < 4.78 is 15.1. The zero-order valence-electron chi connectivity index (χ0n) is 12.1. The van der Waals surface area contributed by atoms with Crippen molar-refractivity contribution in [1.29, 1.82) is 0 Å². The number of aliphatic hydroxyl groups is 1. The Morgan fingerprint density at radius 2 is 2.37 bits per heavy atom. The largest absolute Gasteiger partial charge is 0.396 e. The number of hydrogen-bond donors (Lipinski definition) is 2. The number of nitrogens with one attached hydrogen (secondary N) is 1. The number of ether oxygens (including phenoxy) is 1. The molecule has 1 saturated heterocycles. The fourth-order valence-electron chi connectivity index (χ4n) is 2.33. The summed E-state index contributed by atoms with van der Waals surface area (Å²) in [4.78, 5) is 25.4. The maximum atomic E-state index is 11.8. The topological polar surface area (TPSA) is 84.3 Å². The van der Waals surface area contributed by atoms with Crippen molar-refractivity contribution >= 4 is 0 Å². The molecule has 0 radical (unpaired) electrons. The van der Waals surface area contributed by atoms with E-state index < -0.39 is 23.9 Å². The number of aliphatic hydroxyl groups excluding tert-OH is 1. The van der Waals surface area contributed by atoms with Crippen molar-refractivity contribution in [3.63, 3.8) is 0 Å². The van der Waals surface area contributed by atoms with Gasteiger partial charge in [-0.3, -0.25) is 14.3 Å². The number of aromatic nitrogens is 2. The van der Waals surface area contributed by atoms with Crippen molar-refractivity contribution in [3.8, 4) is 0 Å². The van der Waals surface area contributed by atoms with Crippen LogP contribution >= 0.6 is 0 Å². The fourth-order valence-corrected chi connectivity index (χ4v) is 2.33. The first-order valence-electron chi connectivity index (χ1n) is 7.02. The van der Waals surface area contributed by atoms with Crippen molar-refractivity contribution < 1.29 is 11.2 Å². The number of rotatable bonds is 4. The Hall–Kier alpha value is -1.40. The summed E-state index contributed by atoms with van der Waals surface area (Å²) in [5, 5.41) is 8.91. The van der Waals surface area contributed by atoms with Crippen LogP contribution in [-0.2, 0) is 4.74 Å². The van der Waals surface area contributed by atoms with Gasteiger partial charge in [0.15, 0.2) is 0 Å². The molecule has 0 aromatic carbocycles. The van der Waals surface area contributed by atoms with Crippen LogP contribution in [0.4, 0.5) is 0 Å². The van der Waals surface area contributed by atoms with Gasteiger partial charge in [0.05, 0.1) is 6.10 Å². The molecule has 6 nitrogen and oxygen atoms in total. The number of aromatic amines is 1. The van der Waals surface area contributed by atoms with Crippen LogP contribution in [0.5, 0.6) is 0 Å². The predicted molar refractivity (Wildman–Crippen MR) is 70.1 cm³/mol. The molecular weight excluding hydrogens is 248 g/mol. The van der Waals surface area contributed by atoms with Crippen LogP contribution in [0.3, 0.4) is 0 Å². The lowest BCUT2D eigenvalue weighted by Crippen LogP contribution is -2.33. The van der Waals surface area contributed by atoms with Crippen LogP contribution in [0.15, 0.2) is 15.8 Å². The van der Waals surface area contributed by atoms with Gasteiger partial charge in [-0.25, -0.2) is 4.79 Å². The molecule has 6 heteroatoms. The van der Waals surface area contributed by atoms with E-state index in [1.807, 2.05) is 6.92 Å². The summed E-state index contributed by atoms with van der Waals surface area (Å²) in [6, 6.07) is 0. The molecule has 2 rings (SSSR count). The first-order chi connectivity index (χ1) is 9.43. The fraction of sp³-hybridized carbons (Fsp3) is 0.692. The maximum Gasteiger partial charge on any atom is 0.330 e. The summed E-state index contributed by atoms with van der Waals surface area (Å²) in [6.45, 7) is 3.54. The van der Waals surface area contributed by atoms with E-state index in [1.54, 1.807) is 6.92 Å². The molecule has 2 heterocycles. The van der Waals surface area contributed by atoms with Gasteiger partial charge in [0.2, 0.25) is 0 Å². The average Bonchev–Trinajstić information content (AvgIpc) is 2.76. The molecule has 19 heavy (non-hydrogen) atoms. The highest BCUT2D eigenvalue weighted by Crippen LogP contribution is 2.34. The highest BCUT2D eigenvalue weighted by Gasteiger charge is 2.33. The zero-order chi connectivity index (χ0) is 14.9. The third kappa shape index (κ3) is 2.96. The summed E-state index contributed by atoms with van der Waals surface area (Å²) in [7, 11) is 0. The van der Waals surface area contributed by atoms with Gasteiger partial charge >= 0.3 is 5.69 Å². The van der Waals surface area contributed by atoms with E-state index in [4.69, 9.17) is 11.2 Å². The minimum Gasteiger partial charge on any atom is -0.396 e. The molecule has 1 aliphatic heterocycles. The minimum absolute atomic E-state index is 0.0525. The third-order valence-corrected chi connectivity index (χ3v) is 3.43. The van der Waals surface area contributed by atoms with Gasteiger partial charge in [0, 0.05) is 19.7 Å². The predicted octanol–water partition coefficient (Wildman–Crippen LogP) is 0.541. The normalized spacial score (nSPS) is 29.2. The molecule has 1 fully saturated rings. The van der Waals surface area contributed by atoms with Gasteiger partial charge in [0.1, 0.15) is 6.23 Å². The molecule has 2 N–H and O–H groups in total. The SMILES string of the molecule is [2H][C@@H](CCO)[C@H]1O[C@@H](n2cc(C)c(=O)[nH]c2=O)C[C@@H]1C. The second-order valence-corrected chi connectivity index (χ2v) is 4.99. The minimum atomic E-state index is -0.514. The van der Waals surface area contributed by atoms with Gasteiger partial charge in [-0.2, -0.15) is 0 Å². The maximum absolute atomic E-state index is 11.8. The summed E-state index contributed by atoms with van der Waals surface area (Å²) >= 11 is 0. The molecule has 0 spiro atoms. The van der Waals surface area contributed by atoms with Gasteiger partial charge in [-0.05, 0) is 32.1 Å². The van der Waals surface area contributed by atoms with E-state index in [9.17, 15) is 9.59 Å². The van der Waals surface area contributed by atoms with Crippen LogP contribution in [0.1, 0.15) is 39.3 Å². The molecule has 1 aromatic rings. The molecule has 0 unspecified atom stereocenters. The Labute approximate surface area is 112 Å². The van der Waals surface area contributed by atoms with E-state index >= 15 is 0 Å². The molecule has 0 bridgehead atoms. The van der Waals surface area contributed by atoms with Crippen LogP contribution in [0.2, 0.25) is 0 Å². The van der Waals surface area contributed by atoms with Gasteiger partial charge in [0.25, 0.3) is 5.56 Å². The van der Waals surface area contributed by atoms with Gasteiger partial charge in [-0.1, -0.05) is 6.92 Å². The monoisotopic (exact) mass is 269 g/mol. The van der Waals surface area contributed by atoms with Crippen LogP contribution in [-0.4, -0.2) is 27.4 Å². The van der Waals surface area contributed by atoms with Crippen LogP contribution in [0.25, 0.3) is 0 Å². The quantitative estimate of drug-likeness (QED) is 0.835. The Morgan fingerprint density at radius 1 is 1.63 bits per heavy atom. The average molecular weight is 269 g/mol. The Morgan fingerprint density at radius 3 is 3.05 bits per heavy atom. The second kappa shape index (κ2) is 5.71. The number of nitrogens with zero attached hydrogens (tertiary/aromatic N) is 1. The lowest BCUT2D eigenvalue weighted by molar-refractivity contribution is -0.0124. The van der Waals surface area contributed by atoms with Crippen molar-refractivity contribution in [2.24, 2.45) is 5.92 Å². The number of hydrogen-bond acceptors (Lipinski definition) is 4. The summed E-state index contributed by atoms with van der Waals surface area (Å²) in [5.41, 5.74) is -0.447. The Bertz CT molecular complexity index is 582. The molecule has 1 aliphatic rings. The first-order valence-corrected chi connectivity index (χ1v) is 6.44. The van der Waals surface area contributed by atoms with E-state index in [0.717, 1.165) is 0 Å². The second-order valence-electron chi connectivity index (χ2n) is 4.99. The highest BCUT2D eigenvalue weighted by molar-refractivity contribution is 5.01. The molecule has 0 amide bonds. The number of aryl methyl sites for hydroxylation is 1. The molecule has 0 aliphatic carbocycles. The van der Waals surface area contributed by atoms with E-state index in [0.29, 0.717) is 18.4 Å². The van der Waals surface area contributed by atoms with Crippen molar-refractivity contribution in [2.45, 2.75) is 45.4 Å². The molecule has 4 atom stereocenters. The van der Waals surface area contributed by atoms with E-state index in [-0.39, 0.29) is 18.6 Å². The Kier molecular flexibility index (Phi) is 3.79. The van der Waals surface area contributed by atoms with E-state index in [2.05, 4.69) is 4.98 Å². The molecular formula is C13H20N2O4. The van der Waals surface area contributed by atoms with E-state index in [1.165, 1.54) is 10.8 Å². The summed E-state index contributed by atoms with van der Waals surface area (Å²) in [5.74, 6) is 0.119. The lowest BCUT2D eigenvalue weighted by atomic mass is 10.00. The van der Waals surface area contributed by atoms with Gasteiger partial charge < -0.3 is 9.84 Å². The smallest absolute Gasteiger partial charge is 0.330 e. The first kappa shape index (κ1) is 12.6. The van der Waals surface area contributed by atoms with Crippen LogP contribution < -0.4 is 11.2 Å². The molecule has 0 saturated carbocycles. The van der Waals surface area contributed by atoms with Crippen molar-refractivity contribution in [3.05, 3.63) is 32.6 Å². The lowest BCUT2D eigenvalue weighted by Gasteiger charge is -2.16. The third-order valence-electron chi connectivity index (χ3n) is 3.43. The Balaban J connectivity index is 2.22. The highest BCUT2D eigenvalue weighted by atomic mass is 16.5. The standard InChI is InChI=1S/C13H20N2O4/c1-8-6-11(19-10(8)4-3-5-16)15-7-9(2)12(17)14-13(15)18/h7-8,10-11,16H,3-6H2,1-2H3,(H,14,17,18)/t8-,10+,11+/m0/s1/i4D/t4-,8-,10+,11+. The summed E-state index contributed by atoms with van der Waals surface area (Å²) in [6.07, 6.45) is 1.15. The number of H-pyrrole nitrogens is 1. The molecule has 106 valence electrons. The van der Waals surface area contributed by atoms with Gasteiger partial charge in [-0.15, -0.1) is 0 Å². The zero-order valence-corrected chi connectivity index (χ0v) is 11.1. The van der Waals surface area contributed by atoms with Crippen LogP contribution in [0, 0.1) is 12.8 Å². The van der Waals surface area contributed by atoms with Crippen molar-refractivity contribution in [1.82, 2.24) is 9.55 Å². The molecule has 1 aromatic heterocycles.